The van der Waals surface area contributed by atoms with Crippen molar-refractivity contribution in [1.29, 1.82) is 0 Å². The van der Waals surface area contributed by atoms with Crippen LogP contribution in [0.1, 0.15) is 17.2 Å². The van der Waals surface area contributed by atoms with E-state index in [2.05, 4.69) is 10.4 Å². The minimum absolute atomic E-state index is 0.0981. The molecule has 5 heteroatoms. The van der Waals surface area contributed by atoms with Crippen LogP contribution in [-0.4, -0.2) is 35.9 Å². The number of aryl methyl sites for hydroxylation is 2. The molecule has 1 N–H and O–H groups in total. The van der Waals surface area contributed by atoms with Crippen molar-refractivity contribution in [2.75, 3.05) is 20.2 Å². The van der Waals surface area contributed by atoms with Gasteiger partial charge in [0.25, 0.3) is 0 Å². The van der Waals surface area contributed by atoms with Crippen LogP contribution in [0.4, 0.5) is 0 Å². The minimum atomic E-state index is -0.143. The highest BCUT2D eigenvalue weighted by Gasteiger charge is 2.37. The van der Waals surface area contributed by atoms with Crippen LogP contribution in [0.25, 0.3) is 0 Å². The van der Waals surface area contributed by atoms with Crippen molar-refractivity contribution >= 4 is 5.97 Å². The number of hydrogen-bond acceptors (Lipinski definition) is 4. The van der Waals surface area contributed by atoms with E-state index in [0.717, 1.165) is 17.8 Å². The Kier molecular flexibility index (Phi) is 2.96. The Morgan fingerprint density at radius 1 is 1.62 bits per heavy atom. The largest absolute Gasteiger partial charge is 0.469 e. The predicted octanol–water partition coefficient (Wildman–Crippen LogP) is 0.205. The van der Waals surface area contributed by atoms with Crippen molar-refractivity contribution in [1.82, 2.24) is 15.1 Å². The highest BCUT2D eigenvalue weighted by atomic mass is 16.5. The Balaban J connectivity index is 2.30. The van der Waals surface area contributed by atoms with Gasteiger partial charge in [-0.3, -0.25) is 9.48 Å². The quantitative estimate of drug-likeness (QED) is 0.728. The van der Waals surface area contributed by atoms with E-state index in [1.807, 2.05) is 24.9 Å². The van der Waals surface area contributed by atoms with Gasteiger partial charge in [0.2, 0.25) is 0 Å². The fourth-order valence-corrected chi connectivity index (χ4v) is 2.45. The van der Waals surface area contributed by atoms with Crippen molar-refractivity contribution in [3.63, 3.8) is 0 Å². The topological polar surface area (TPSA) is 56.1 Å². The molecule has 2 atom stereocenters. The van der Waals surface area contributed by atoms with Crippen LogP contribution in [-0.2, 0) is 16.6 Å². The van der Waals surface area contributed by atoms with Crippen LogP contribution in [0.3, 0.4) is 0 Å². The summed E-state index contributed by atoms with van der Waals surface area (Å²) in [6.45, 7) is 3.51. The molecule has 1 aliphatic heterocycles. The zero-order chi connectivity index (χ0) is 11.7. The van der Waals surface area contributed by atoms with Crippen LogP contribution in [0.5, 0.6) is 0 Å². The smallest absolute Gasteiger partial charge is 0.310 e. The molecular weight excluding hydrogens is 206 g/mol. The lowest BCUT2D eigenvalue weighted by atomic mass is 9.91. The molecule has 1 saturated heterocycles. The summed E-state index contributed by atoms with van der Waals surface area (Å²) < 4.78 is 6.68. The number of aromatic nitrogens is 2. The Morgan fingerprint density at radius 3 is 2.94 bits per heavy atom. The molecule has 1 fully saturated rings. The first kappa shape index (κ1) is 11.1. The van der Waals surface area contributed by atoms with E-state index in [1.54, 1.807) is 0 Å². The molecule has 1 aromatic heterocycles. The Hall–Kier alpha value is -1.36. The van der Waals surface area contributed by atoms with Crippen LogP contribution in [0.15, 0.2) is 6.20 Å². The molecule has 2 unspecified atom stereocenters. The van der Waals surface area contributed by atoms with Crippen molar-refractivity contribution in [3.05, 3.63) is 17.5 Å². The number of esters is 1. The number of carbonyl (C=O) groups is 1. The molecule has 0 radical (unpaired) electrons. The van der Waals surface area contributed by atoms with E-state index in [-0.39, 0.29) is 17.8 Å². The summed E-state index contributed by atoms with van der Waals surface area (Å²) in [5, 5.41) is 7.46. The van der Waals surface area contributed by atoms with Gasteiger partial charge in [-0.2, -0.15) is 5.10 Å². The van der Waals surface area contributed by atoms with Gasteiger partial charge in [-0.05, 0) is 12.5 Å². The summed E-state index contributed by atoms with van der Waals surface area (Å²) in [4.78, 5) is 11.7. The second kappa shape index (κ2) is 4.25. The molecule has 1 aliphatic rings. The summed E-state index contributed by atoms with van der Waals surface area (Å²) in [5.41, 5.74) is 2.26. The van der Waals surface area contributed by atoms with Gasteiger partial charge in [0.15, 0.2) is 0 Å². The molecule has 16 heavy (non-hydrogen) atoms. The normalized spacial score (nSPS) is 24.7. The molecule has 0 bridgehead atoms. The molecular formula is C11H17N3O2. The van der Waals surface area contributed by atoms with Gasteiger partial charge in [-0.25, -0.2) is 0 Å². The molecule has 2 rings (SSSR count). The van der Waals surface area contributed by atoms with Gasteiger partial charge in [0.05, 0.1) is 19.2 Å². The third kappa shape index (κ3) is 1.71. The van der Waals surface area contributed by atoms with Crippen LogP contribution < -0.4 is 5.32 Å². The zero-order valence-electron chi connectivity index (χ0n) is 9.86. The average molecular weight is 223 g/mol. The van der Waals surface area contributed by atoms with E-state index in [0.29, 0.717) is 6.54 Å². The fraction of sp³-hybridized carbons (Fsp3) is 0.636. The van der Waals surface area contributed by atoms with Gasteiger partial charge in [0, 0.05) is 31.7 Å². The molecule has 88 valence electrons. The van der Waals surface area contributed by atoms with E-state index in [9.17, 15) is 4.79 Å². The molecule has 0 saturated carbocycles. The molecule has 0 amide bonds. The molecule has 5 nitrogen and oxygen atoms in total. The van der Waals surface area contributed by atoms with Crippen molar-refractivity contribution in [3.8, 4) is 0 Å². The summed E-state index contributed by atoms with van der Waals surface area (Å²) in [6.07, 6.45) is 1.84. The Bertz CT molecular complexity index is 380. The highest BCUT2D eigenvalue weighted by molar-refractivity contribution is 5.74. The van der Waals surface area contributed by atoms with Gasteiger partial charge in [-0.15, -0.1) is 0 Å². The van der Waals surface area contributed by atoms with Crippen LogP contribution >= 0.6 is 0 Å². The third-order valence-electron chi connectivity index (χ3n) is 3.25. The van der Waals surface area contributed by atoms with Gasteiger partial charge in [-0.1, -0.05) is 0 Å². The van der Waals surface area contributed by atoms with E-state index >= 15 is 0 Å². The molecule has 2 heterocycles. The zero-order valence-corrected chi connectivity index (χ0v) is 9.86. The van der Waals surface area contributed by atoms with Crippen LogP contribution in [0, 0.1) is 12.8 Å². The lowest BCUT2D eigenvalue weighted by molar-refractivity contribution is -0.145. The number of carbonyl (C=O) groups excluding carboxylic acids is 1. The molecule has 0 aromatic carbocycles. The number of rotatable bonds is 2. The van der Waals surface area contributed by atoms with Crippen molar-refractivity contribution in [2.45, 2.75) is 12.8 Å². The lowest BCUT2D eigenvalue weighted by Gasteiger charge is -2.17. The summed E-state index contributed by atoms with van der Waals surface area (Å²) in [5.74, 6) is -0.0744. The Morgan fingerprint density at radius 2 is 2.38 bits per heavy atom. The van der Waals surface area contributed by atoms with Crippen molar-refractivity contribution in [2.24, 2.45) is 13.0 Å². The van der Waals surface area contributed by atoms with Crippen LogP contribution in [0.2, 0.25) is 0 Å². The number of ether oxygens (including phenoxy) is 1. The second-order valence-corrected chi connectivity index (χ2v) is 4.23. The summed E-state index contributed by atoms with van der Waals surface area (Å²) >= 11 is 0. The first-order chi connectivity index (χ1) is 7.65. The predicted molar refractivity (Wildman–Crippen MR) is 59.1 cm³/mol. The first-order valence-electron chi connectivity index (χ1n) is 5.42. The minimum Gasteiger partial charge on any atom is -0.469 e. The molecule has 0 spiro atoms. The maximum Gasteiger partial charge on any atom is 0.310 e. The number of nitrogens with one attached hydrogen (secondary N) is 1. The number of hydrogen-bond donors (Lipinski definition) is 1. The van der Waals surface area contributed by atoms with Crippen molar-refractivity contribution < 1.29 is 9.53 Å². The number of methoxy groups -OCH3 is 1. The summed E-state index contributed by atoms with van der Waals surface area (Å²) in [6, 6.07) is 0. The van der Waals surface area contributed by atoms with E-state index in [1.165, 1.54) is 7.11 Å². The van der Waals surface area contributed by atoms with E-state index in [4.69, 9.17) is 4.74 Å². The maximum absolute atomic E-state index is 11.7. The van der Waals surface area contributed by atoms with Gasteiger partial charge >= 0.3 is 5.97 Å². The maximum atomic E-state index is 11.7. The first-order valence-corrected chi connectivity index (χ1v) is 5.42. The molecule has 0 aliphatic carbocycles. The standard InChI is InChI=1S/C11H17N3O2/c1-7-4-13-14(2)10(7)8-5-12-6-9(8)11(15)16-3/h4,8-9,12H,5-6H2,1-3H3. The second-order valence-electron chi connectivity index (χ2n) is 4.23. The van der Waals surface area contributed by atoms with Gasteiger partial charge < -0.3 is 10.1 Å². The SMILES string of the molecule is COC(=O)C1CNCC1c1c(C)cnn1C. The Labute approximate surface area is 94.8 Å². The highest BCUT2D eigenvalue weighted by Crippen LogP contribution is 2.30. The summed E-state index contributed by atoms with van der Waals surface area (Å²) in [7, 11) is 3.35. The monoisotopic (exact) mass is 223 g/mol. The lowest BCUT2D eigenvalue weighted by Crippen LogP contribution is -2.24. The average Bonchev–Trinajstić information content (AvgIpc) is 2.84. The van der Waals surface area contributed by atoms with Gasteiger partial charge in [0.1, 0.15) is 0 Å². The molecule has 1 aromatic rings. The third-order valence-corrected chi connectivity index (χ3v) is 3.25. The number of nitrogens with zero attached hydrogens (tertiary/aromatic N) is 2. The van der Waals surface area contributed by atoms with E-state index < -0.39 is 0 Å². The fourth-order valence-electron chi connectivity index (χ4n) is 2.45.